The quantitative estimate of drug-likeness (QED) is 0.0768. The zero-order valence-electron chi connectivity index (χ0n) is 35.3. The van der Waals surface area contributed by atoms with Gasteiger partial charge in [-0.1, -0.05) is 48.9 Å². The van der Waals surface area contributed by atoms with Crippen LogP contribution in [0.3, 0.4) is 0 Å². The summed E-state index contributed by atoms with van der Waals surface area (Å²) in [6.45, 7) is 6.80. The van der Waals surface area contributed by atoms with E-state index in [1.165, 1.54) is 65.1 Å². The minimum atomic E-state index is -4.52. The van der Waals surface area contributed by atoms with Crippen LogP contribution in [0.25, 0.3) is 10.4 Å². The van der Waals surface area contributed by atoms with E-state index in [0.717, 1.165) is 75.9 Å². The molecule has 0 aliphatic carbocycles. The minimum absolute atomic E-state index is 0.00527. The molecular formula is C48H54N6O7S2. The van der Waals surface area contributed by atoms with Crippen molar-refractivity contribution in [3.8, 4) is 21.9 Å². The molecular weight excluding hydrogens is 837 g/mol. The lowest BCUT2D eigenvalue weighted by Gasteiger charge is -2.36. The van der Waals surface area contributed by atoms with Gasteiger partial charge in [0.1, 0.15) is 17.2 Å². The number of rotatable bonds is 15. The van der Waals surface area contributed by atoms with Crippen molar-refractivity contribution in [2.24, 2.45) is 5.92 Å². The number of piperidine rings is 1. The third-order valence-corrected chi connectivity index (χ3v) is 15.5. The Morgan fingerprint density at radius 3 is 2.33 bits per heavy atom. The average Bonchev–Trinajstić information content (AvgIpc) is 3.84. The summed E-state index contributed by atoms with van der Waals surface area (Å²) in [4.78, 5) is 35.1. The largest absolute Gasteiger partial charge is 0.456 e. The molecule has 4 aromatic carbocycles. The third-order valence-electron chi connectivity index (χ3n) is 13.1. The van der Waals surface area contributed by atoms with Crippen molar-refractivity contribution in [3.05, 3.63) is 129 Å². The monoisotopic (exact) mass is 890 g/mol. The molecule has 1 aromatic heterocycles. The predicted octanol–water partition coefficient (Wildman–Crippen LogP) is 8.91. The van der Waals surface area contributed by atoms with E-state index >= 15 is 0 Å². The zero-order chi connectivity index (χ0) is 43.3. The summed E-state index contributed by atoms with van der Waals surface area (Å²) in [6, 6.07) is 32.6. The van der Waals surface area contributed by atoms with Crippen LogP contribution in [0.15, 0.2) is 108 Å². The summed E-state index contributed by atoms with van der Waals surface area (Å²) in [5, 5.41) is 15.2. The minimum Gasteiger partial charge on any atom is -0.456 e. The lowest BCUT2D eigenvalue weighted by Crippen LogP contribution is -2.46. The normalized spacial score (nSPS) is 19.8. The fourth-order valence-electron chi connectivity index (χ4n) is 9.59. The first kappa shape index (κ1) is 43.0. The number of fused-ring (bicyclic) bond motifs is 2. The number of ether oxygens (including phenoxy) is 2. The zero-order valence-corrected chi connectivity index (χ0v) is 37.0. The smallest absolute Gasteiger partial charge is 0.293 e. The molecule has 13 nitrogen and oxygen atoms in total. The molecule has 0 radical (unpaired) electrons. The molecule has 4 saturated heterocycles. The number of carbonyl (C=O) groups excluding carboxylic acids is 1. The molecule has 0 saturated carbocycles. The number of nitro groups is 1. The van der Waals surface area contributed by atoms with Gasteiger partial charge in [-0.2, -0.15) is 0 Å². The van der Waals surface area contributed by atoms with Crippen molar-refractivity contribution in [2.45, 2.75) is 75.0 Å². The number of sulfonamides is 1. The van der Waals surface area contributed by atoms with Gasteiger partial charge in [0, 0.05) is 98.7 Å². The molecule has 9 rings (SSSR count). The maximum atomic E-state index is 13.8. The Bertz CT molecular complexity index is 2510. The van der Waals surface area contributed by atoms with Crippen LogP contribution < -0.4 is 19.7 Å². The Balaban J connectivity index is 0.866. The molecule has 2 bridgehead atoms. The van der Waals surface area contributed by atoms with Crippen LogP contribution in [0, 0.1) is 16.0 Å². The molecule has 330 valence electrons. The van der Waals surface area contributed by atoms with Gasteiger partial charge in [0.2, 0.25) is 0 Å². The van der Waals surface area contributed by atoms with Crippen molar-refractivity contribution in [1.82, 2.24) is 14.5 Å². The summed E-state index contributed by atoms with van der Waals surface area (Å²) in [6.07, 6.45) is 8.41. The molecule has 4 aliphatic rings. The van der Waals surface area contributed by atoms with Gasteiger partial charge < -0.3 is 19.7 Å². The van der Waals surface area contributed by atoms with Gasteiger partial charge in [0.15, 0.2) is 0 Å². The molecule has 0 spiro atoms. The summed E-state index contributed by atoms with van der Waals surface area (Å²) < 4.78 is 41.0. The fourth-order valence-corrected chi connectivity index (χ4v) is 11.7. The van der Waals surface area contributed by atoms with Crippen LogP contribution in [0.4, 0.5) is 17.1 Å². The van der Waals surface area contributed by atoms with Gasteiger partial charge >= 0.3 is 0 Å². The Labute approximate surface area is 373 Å². The summed E-state index contributed by atoms with van der Waals surface area (Å²) in [5.74, 6) is 0.0275. The molecule has 2 N–H and O–H groups in total. The fraction of sp³-hybridized carbons (Fsp3) is 0.396. The van der Waals surface area contributed by atoms with Gasteiger partial charge in [-0.15, -0.1) is 11.3 Å². The van der Waals surface area contributed by atoms with Crippen molar-refractivity contribution < 1.29 is 27.6 Å². The number of thiophene rings is 1. The number of nitro benzene ring substituents is 1. The molecule has 4 aliphatic heterocycles. The highest BCUT2D eigenvalue weighted by molar-refractivity contribution is 7.90. The molecule has 2 atom stereocenters. The summed E-state index contributed by atoms with van der Waals surface area (Å²) >= 11 is 1.93. The third kappa shape index (κ3) is 10.1. The van der Waals surface area contributed by atoms with Gasteiger partial charge in [0.25, 0.3) is 21.6 Å². The van der Waals surface area contributed by atoms with E-state index in [9.17, 15) is 23.3 Å². The molecule has 1 amide bonds. The van der Waals surface area contributed by atoms with Crippen LogP contribution >= 0.6 is 11.3 Å². The van der Waals surface area contributed by atoms with Gasteiger partial charge in [-0.3, -0.25) is 24.7 Å². The lowest BCUT2D eigenvalue weighted by molar-refractivity contribution is -0.384. The SMILES string of the molecule is O=C(NS(=O)(=O)c1ccc(NCC2CCOCC2)c([N+](=O)[O-])c1)c1ccc(N2CCN(Cc3ccccc3-c3ccc(CN4C5CCC[C@H]4CC5)s3)CC2)cc1Oc1ccccc1. The Hall–Kier alpha value is -5.32. The first-order valence-corrected chi connectivity index (χ1v) is 24.4. The number of nitrogens with zero attached hydrogens (tertiary/aromatic N) is 4. The van der Waals surface area contributed by atoms with E-state index in [1.807, 2.05) is 29.5 Å². The molecule has 5 heterocycles. The van der Waals surface area contributed by atoms with Crippen molar-refractivity contribution in [2.75, 3.05) is 56.2 Å². The predicted molar refractivity (Wildman–Crippen MR) is 246 cm³/mol. The number of anilines is 2. The van der Waals surface area contributed by atoms with Crippen molar-refractivity contribution in [3.63, 3.8) is 0 Å². The number of hydrogen-bond donors (Lipinski definition) is 2. The molecule has 4 fully saturated rings. The summed E-state index contributed by atoms with van der Waals surface area (Å²) in [5.41, 5.74) is 3.26. The highest BCUT2D eigenvalue weighted by Gasteiger charge is 2.36. The first-order valence-electron chi connectivity index (χ1n) is 22.1. The number of amides is 1. The van der Waals surface area contributed by atoms with Crippen molar-refractivity contribution >= 4 is 44.3 Å². The number of hydrogen-bond acceptors (Lipinski definition) is 12. The van der Waals surface area contributed by atoms with Crippen LogP contribution in [0.2, 0.25) is 0 Å². The number of benzene rings is 4. The van der Waals surface area contributed by atoms with Crippen LogP contribution in [-0.2, 0) is 27.8 Å². The van der Waals surface area contributed by atoms with Crippen molar-refractivity contribution in [1.29, 1.82) is 0 Å². The van der Waals surface area contributed by atoms with Gasteiger partial charge in [-0.25, -0.2) is 13.1 Å². The highest BCUT2D eigenvalue weighted by Crippen LogP contribution is 2.39. The first-order chi connectivity index (χ1) is 30.7. The van der Waals surface area contributed by atoms with E-state index < -0.39 is 31.4 Å². The van der Waals surface area contributed by atoms with Gasteiger partial charge in [-0.05, 0) is 104 Å². The Kier molecular flexibility index (Phi) is 13.1. The number of para-hydroxylation sites is 1. The standard InChI is InChI=1S/C48H54N6O7S2/c55-48(50-63(58,59)41-17-19-44(45(30-41)54(56)57)49-31-34-21-27-60-28-22-34)43-18-15-38(29-46(43)61-39-10-2-1-3-11-39)52-25-23-51(24-26-52)32-35-7-4-5-12-42(35)47-20-16-40(62-47)33-53-36-8-6-9-37(53)14-13-36/h1-5,7,10-12,15-20,29-30,34,36-37,49H,6,8-9,13-14,21-28,31-33H2,(H,50,55)/t36-,37?/m0/s1. The lowest BCUT2D eigenvalue weighted by atomic mass is 10.0. The second kappa shape index (κ2) is 19.2. The average molecular weight is 891 g/mol. The van der Waals surface area contributed by atoms with Crippen LogP contribution in [-0.4, -0.2) is 87.1 Å². The second-order valence-corrected chi connectivity index (χ2v) is 19.9. The number of carbonyl (C=O) groups is 1. The maximum Gasteiger partial charge on any atom is 0.293 e. The number of piperazine rings is 1. The molecule has 1 unspecified atom stereocenters. The highest BCUT2D eigenvalue weighted by atomic mass is 32.2. The van der Waals surface area contributed by atoms with Gasteiger partial charge in [0.05, 0.1) is 15.4 Å². The molecule has 63 heavy (non-hydrogen) atoms. The van der Waals surface area contributed by atoms with Crippen LogP contribution in [0.5, 0.6) is 11.5 Å². The van der Waals surface area contributed by atoms with E-state index in [1.54, 1.807) is 30.3 Å². The van der Waals surface area contributed by atoms with E-state index in [4.69, 9.17) is 9.47 Å². The van der Waals surface area contributed by atoms with E-state index in [0.29, 0.717) is 25.5 Å². The topological polar surface area (TPSA) is 147 Å². The van der Waals surface area contributed by atoms with E-state index in [-0.39, 0.29) is 22.9 Å². The van der Waals surface area contributed by atoms with E-state index in [2.05, 4.69) is 61.1 Å². The number of nitrogens with one attached hydrogen (secondary N) is 2. The second-order valence-electron chi connectivity index (χ2n) is 17.1. The Morgan fingerprint density at radius 1 is 0.825 bits per heavy atom. The molecule has 15 heteroatoms. The Morgan fingerprint density at radius 2 is 1.57 bits per heavy atom. The van der Waals surface area contributed by atoms with Crippen LogP contribution in [0.1, 0.15) is 65.7 Å². The summed E-state index contributed by atoms with van der Waals surface area (Å²) in [7, 11) is -4.52. The maximum absolute atomic E-state index is 13.8. The molecule has 5 aromatic rings.